The molecule has 2 rings (SSSR count). The van der Waals surface area contributed by atoms with Crippen molar-refractivity contribution in [2.75, 3.05) is 25.0 Å². The first kappa shape index (κ1) is 15.1. The van der Waals surface area contributed by atoms with Crippen LogP contribution in [-0.2, 0) is 4.79 Å². The first-order valence-electron chi connectivity index (χ1n) is 6.87. The highest BCUT2D eigenvalue weighted by molar-refractivity contribution is 7.97. The molecule has 1 aromatic rings. The molecular weight excluding hydrogens is 270 g/mol. The second-order valence-electron chi connectivity index (χ2n) is 4.92. The van der Waals surface area contributed by atoms with Gasteiger partial charge in [0.1, 0.15) is 0 Å². The predicted molar refractivity (Wildman–Crippen MR) is 84.5 cm³/mol. The van der Waals surface area contributed by atoms with Gasteiger partial charge in [0, 0.05) is 23.7 Å². The van der Waals surface area contributed by atoms with Gasteiger partial charge in [0.15, 0.2) is 0 Å². The van der Waals surface area contributed by atoms with Crippen LogP contribution in [0.1, 0.15) is 12.8 Å². The van der Waals surface area contributed by atoms with Gasteiger partial charge in [-0.25, -0.2) is 4.31 Å². The molecule has 1 saturated heterocycles. The van der Waals surface area contributed by atoms with E-state index < -0.39 is 0 Å². The van der Waals surface area contributed by atoms with Crippen LogP contribution in [0, 0.1) is 5.92 Å². The quantitative estimate of drug-likeness (QED) is 0.646. The van der Waals surface area contributed by atoms with Crippen molar-refractivity contribution in [1.82, 2.24) is 4.31 Å². The van der Waals surface area contributed by atoms with Gasteiger partial charge in [0.2, 0.25) is 5.91 Å². The number of rotatable bonds is 5. The summed E-state index contributed by atoms with van der Waals surface area (Å²) in [6.45, 7) is 6.40. The fraction of sp³-hybridized carbons (Fsp3) is 0.400. The standard InChI is InChI=1S/C15H21N3OS/c1-2-15(19)17-13-3-5-14(6-4-13)20-18-9-7-12(11-16)8-10-18/h2-6,12H,1,7-11,16H2,(H,17,19). The van der Waals surface area contributed by atoms with Crippen LogP contribution < -0.4 is 11.1 Å². The van der Waals surface area contributed by atoms with Crippen LogP contribution in [0.2, 0.25) is 0 Å². The summed E-state index contributed by atoms with van der Waals surface area (Å²) in [7, 11) is 0. The first-order chi connectivity index (χ1) is 9.71. The van der Waals surface area contributed by atoms with Crippen molar-refractivity contribution in [2.45, 2.75) is 17.7 Å². The number of anilines is 1. The van der Waals surface area contributed by atoms with Crippen LogP contribution in [0.25, 0.3) is 0 Å². The third-order valence-electron chi connectivity index (χ3n) is 3.45. The van der Waals surface area contributed by atoms with E-state index in [2.05, 4.69) is 16.2 Å². The molecule has 1 aliphatic heterocycles. The van der Waals surface area contributed by atoms with Crippen LogP contribution in [0.4, 0.5) is 5.69 Å². The van der Waals surface area contributed by atoms with E-state index in [1.165, 1.54) is 23.8 Å². The number of carbonyl (C=O) groups is 1. The Hall–Kier alpha value is -1.30. The Morgan fingerprint density at radius 2 is 2.05 bits per heavy atom. The Balaban J connectivity index is 1.85. The summed E-state index contributed by atoms with van der Waals surface area (Å²) in [5.74, 6) is 0.498. The van der Waals surface area contributed by atoms with Gasteiger partial charge in [-0.1, -0.05) is 6.58 Å². The third kappa shape index (κ3) is 4.37. The summed E-state index contributed by atoms with van der Waals surface area (Å²) in [6, 6.07) is 7.88. The third-order valence-corrected chi connectivity index (χ3v) is 4.55. The van der Waals surface area contributed by atoms with Gasteiger partial charge < -0.3 is 11.1 Å². The molecule has 1 heterocycles. The normalized spacial score (nSPS) is 16.9. The summed E-state index contributed by atoms with van der Waals surface area (Å²) in [6.07, 6.45) is 3.62. The van der Waals surface area contributed by atoms with Crippen LogP contribution in [-0.4, -0.2) is 29.8 Å². The minimum Gasteiger partial charge on any atom is -0.330 e. The predicted octanol–water partition coefficient (Wildman–Crippen LogP) is 2.49. The number of piperidine rings is 1. The molecule has 0 saturated carbocycles. The van der Waals surface area contributed by atoms with Gasteiger partial charge in [0.05, 0.1) is 0 Å². The van der Waals surface area contributed by atoms with E-state index in [-0.39, 0.29) is 5.91 Å². The summed E-state index contributed by atoms with van der Waals surface area (Å²) >= 11 is 1.77. The lowest BCUT2D eigenvalue weighted by Crippen LogP contribution is -2.31. The molecule has 0 bridgehead atoms. The van der Waals surface area contributed by atoms with E-state index in [1.807, 2.05) is 24.3 Å². The number of nitrogens with one attached hydrogen (secondary N) is 1. The zero-order chi connectivity index (χ0) is 14.4. The van der Waals surface area contributed by atoms with Crippen molar-refractivity contribution in [3.63, 3.8) is 0 Å². The molecule has 108 valence electrons. The highest BCUT2D eigenvalue weighted by atomic mass is 32.2. The average molecular weight is 291 g/mol. The second kappa shape index (κ2) is 7.47. The van der Waals surface area contributed by atoms with Gasteiger partial charge >= 0.3 is 0 Å². The molecule has 5 heteroatoms. The maximum Gasteiger partial charge on any atom is 0.247 e. The van der Waals surface area contributed by atoms with Crippen molar-refractivity contribution in [3.8, 4) is 0 Å². The van der Waals surface area contributed by atoms with Gasteiger partial charge in [-0.2, -0.15) is 0 Å². The summed E-state index contributed by atoms with van der Waals surface area (Å²) in [4.78, 5) is 12.4. The molecule has 1 aromatic carbocycles. The lowest BCUT2D eigenvalue weighted by Gasteiger charge is -2.30. The molecule has 1 fully saturated rings. The van der Waals surface area contributed by atoms with Crippen molar-refractivity contribution in [2.24, 2.45) is 11.7 Å². The molecule has 0 radical (unpaired) electrons. The Kier molecular flexibility index (Phi) is 5.64. The number of hydrogen-bond acceptors (Lipinski definition) is 4. The number of carbonyl (C=O) groups excluding carboxylic acids is 1. The Labute approximate surface area is 124 Å². The molecule has 0 unspecified atom stereocenters. The van der Waals surface area contributed by atoms with Crippen LogP contribution >= 0.6 is 11.9 Å². The van der Waals surface area contributed by atoms with Crippen molar-refractivity contribution in [1.29, 1.82) is 0 Å². The minimum absolute atomic E-state index is 0.186. The van der Waals surface area contributed by atoms with Crippen molar-refractivity contribution < 1.29 is 4.79 Å². The van der Waals surface area contributed by atoms with E-state index in [1.54, 1.807) is 11.9 Å². The fourth-order valence-electron chi connectivity index (χ4n) is 2.18. The highest BCUT2D eigenvalue weighted by Gasteiger charge is 2.18. The van der Waals surface area contributed by atoms with Crippen LogP contribution in [0.15, 0.2) is 41.8 Å². The SMILES string of the molecule is C=CC(=O)Nc1ccc(SN2CCC(CN)CC2)cc1. The number of amides is 1. The Morgan fingerprint density at radius 1 is 1.40 bits per heavy atom. The summed E-state index contributed by atoms with van der Waals surface area (Å²) < 4.78 is 2.38. The second-order valence-corrected chi connectivity index (χ2v) is 6.09. The monoisotopic (exact) mass is 291 g/mol. The van der Waals surface area contributed by atoms with E-state index >= 15 is 0 Å². The molecule has 0 aromatic heterocycles. The van der Waals surface area contributed by atoms with Gasteiger partial charge in [-0.05, 0) is 67.6 Å². The van der Waals surface area contributed by atoms with Gasteiger partial charge in [-0.15, -0.1) is 0 Å². The maximum atomic E-state index is 11.2. The van der Waals surface area contributed by atoms with E-state index in [9.17, 15) is 4.79 Å². The van der Waals surface area contributed by atoms with E-state index in [0.717, 1.165) is 25.3 Å². The molecule has 4 nitrogen and oxygen atoms in total. The Morgan fingerprint density at radius 3 is 2.60 bits per heavy atom. The molecule has 1 amide bonds. The first-order valence-corrected chi connectivity index (χ1v) is 7.65. The topological polar surface area (TPSA) is 58.4 Å². The zero-order valence-electron chi connectivity index (χ0n) is 11.5. The summed E-state index contributed by atoms with van der Waals surface area (Å²) in [5.41, 5.74) is 6.49. The Bertz CT molecular complexity index is 453. The van der Waals surface area contributed by atoms with Gasteiger partial charge in [0.25, 0.3) is 0 Å². The van der Waals surface area contributed by atoms with Crippen LogP contribution in [0.3, 0.4) is 0 Å². The zero-order valence-corrected chi connectivity index (χ0v) is 12.4. The molecule has 0 atom stereocenters. The van der Waals surface area contributed by atoms with E-state index in [0.29, 0.717) is 5.92 Å². The molecule has 3 N–H and O–H groups in total. The highest BCUT2D eigenvalue weighted by Crippen LogP contribution is 2.28. The lowest BCUT2D eigenvalue weighted by atomic mass is 9.99. The fourth-order valence-corrected chi connectivity index (χ4v) is 3.13. The van der Waals surface area contributed by atoms with Gasteiger partial charge in [-0.3, -0.25) is 4.79 Å². The average Bonchev–Trinajstić information content (AvgIpc) is 2.50. The number of benzene rings is 1. The van der Waals surface area contributed by atoms with Crippen molar-refractivity contribution in [3.05, 3.63) is 36.9 Å². The number of nitrogens with two attached hydrogens (primary N) is 1. The molecule has 0 aliphatic carbocycles. The summed E-state index contributed by atoms with van der Waals surface area (Å²) in [5, 5.41) is 2.74. The smallest absolute Gasteiger partial charge is 0.247 e. The maximum absolute atomic E-state index is 11.2. The molecule has 1 aliphatic rings. The lowest BCUT2D eigenvalue weighted by molar-refractivity contribution is -0.111. The largest absolute Gasteiger partial charge is 0.330 e. The molecule has 0 spiro atoms. The minimum atomic E-state index is -0.186. The molecular formula is C15H21N3OS. The van der Waals surface area contributed by atoms with E-state index in [4.69, 9.17) is 5.73 Å². The molecule has 20 heavy (non-hydrogen) atoms. The van der Waals surface area contributed by atoms with Crippen LogP contribution in [0.5, 0.6) is 0 Å². The van der Waals surface area contributed by atoms with Crippen molar-refractivity contribution >= 4 is 23.5 Å². The number of hydrogen-bond donors (Lipinski definition) is 2. The number of nitrogens with zero attached hydrogens (tertiary/aromatic N) is 1.